The summed E-state index contributed by atoms with van der Waals surface area (Å²) >= 11 is 0. The molecule has 0 aliphatic heterocycles. The van der Waals surface area contributed by atoms with Gasteiger partial charge < -0.3 is 10.0 Å². The highest BCUT2D eigenvalue weighted by Gasteiger charge is 2.41. The van der Waals surface area contributed by atoms with Crippen molar-refractivity contribution in [3.63, 3.8) is 0 Å². The first-order valence-corrected chi connectivity index (χ1v) is 30.7. The summed E-state index contributed by atoms with van der Waals surface area (Å²) in [6.45, 7) is 0.776. The van der Waals surface area contributed by atoms with Gasteiger partial charge in [-0.3, -0.25) is 0 Å². The molecule has 1 atom stereocenters. The van der Waals surface area contributed by atoms with Crippen LogP contribution >= 0.6 is 0 Å². The predicted molar refractivity (Wildman–Crippen MR) is 293 cm³/mol. The Morgan fingerprint density at radius 1 is 0.485 bits per heavy atom. The van der Waals surface area contributed by atoms with Gasteiger partial charge >= 0.3 is 5.97 Å². The topological polar surface area (TPSA) is 90.1 Å². The normalized spacial score (nSPS) is 23.4. The van der Waals surface area contributed by atoms with Gasteiger partial charge in [-0.25, -0.2) is 14.8 Å². The molecule has 0 saturated heterocycles. The first kappa shape index (κ1) is 60.1. The molecule has 1 spiro atoms. The Hall–Kier alpha value is -2.16. The molecule has 2 fully saturated rings. The number of carbonyl (C=O) groups is 1. The summed E-state index contributed by atoms with van der Waals surface area (Å²) in [4.78, 5) is 22.4. The molecule has 392 valence electrons. The third-order valence-corrected chi connectivity index (χ3v) is 16.6. The summed E-state index contributed by atoms with van der Waals surface area (Å²) in [5.74, 6) is -0.131. The van der Waals surface area contributed by atoms with Crippen molar-refractivity contribution in [1.82, 2.24) is 9.97 Å². The Balaban J connectivity index is 1.33. The van der Waals surface area contributed by atoms with Crippen LogP contribution in [0.5, 0.6) is 0 Å². The zero-order valence-corrected chi connectivity index (χ0v) is 45.3. The second kappa shape index (κ2) is 42.5. The third kappa shape index (κ3) is 32.7. The molecule has 0 amide bonds. The Morgan fingerprint density at radius 2 is 0.779 bits per heavy atom. The molecule has 1 aromatic heterocycles. The van der Waals surface area contributed by atoms with Crippen molar-refractivity contribution in [2.24, 2.45) is 11.3 Å². The van der Waals surface area contributed by atoms with Crippen molar-refractivity contribution in [2.75, 3.05) is 18.5 Å². The van der Waals surface area contributed by atoms with E-state index >= 15 is 0 Å². The SMILES string of the molecule is CN(CC1CCCCCCCCCCCCCCCCCCCCCCCCCCCCCCCCCCCCCCCCCCCCCCCCC2(CC1)CC2)c1nc(C#N)ncc1C(=O)O. The van der Waals surface area contributed by atoms with Crippen LogP contribution in [0.2, 0.25) is 0 Å². The summed E-state index contributed by atoms with van der Waals surface area (Å²) in [6, 6.07) is 2.01. The number of carboxylic acid groups (broad SMARTS) is 1. The van der Waals surface area contributed by atoms with E-state index in [4.69, 9.17) is 0 Å². The fourth-order valence-electron chi connectivity index (χ4n) is 11.7. The molecule has 1 aromatic rings. The number of aromatic carboxylic acids is 1. The quantitative estimate of drug-likeness (QED) is 0.323. The van der Waals surface area contributed by atoms with Gasteiger partial charge in [0.05, 0.1) is 0 Å². The number of nitrogens with zero attached hydrogens (tertiary/aromatic N) is 4. The van der Waals surface area contributed by atoms with E-state index in [0.29, 0.717) is 17.2 Å². The largest absolute Gasteiger partial charge is 0.477 e. The molecule has 0 bridgehead atoms. The Labute approximate surface area is 422 Å². The van der Waals surface area contributed by atoms with Gasteiger partial charge in [0.2, 0.25) is 5.82 Å². The van der Waals surface area contributed by atoms with Gasteiger partial charge in [0, 0.05) is 19.8 Å². The molecule has 1 unspecified atom stereocenters. The van der Waals surface area contributed by atoms with E-state index in [-0.39, 0.29) is 11.4 Å². The van der Waals surface area contributed by atoms with E-state index in [1.54, 1.807) is 0 Å². The van der Waals surface area contributed by atoms with E-state index in [1.807, 2.05) is 18.0 Å². The number of hydrogen-bond donors (Lipinski definition) is 1. The summed E-state index contributed by atoms with van der Waals surface area (Å²) in [7, 11) is 1.95. The highest BCUT2D eigenvalue weighted by Crippen LogP contribution is 2.54. The minimum atomic E-state index is -1.04. The van der Waals surface area contributed by atoms with Crippen LogP contribution in [-0.4, -0.2) is 34.6 Å². The van der Waals surface area contributed by atoms with Crippen LogP contribution in [0.15, 0.2) is 6.20 Å². The smallest absolute Gasteiger partial charge is 0.341 e. The summed E-state index contributed by atoms with van der Waals surface area (Å²) < 4.78 is 0. The molecule has 0 radical (unpaired) electrons. The van der Waals surface area contributed by atoms with Crippen molar-refractivity contribution in [2.45, 2.75) is 334 Å². The summed E-state index contributed by atoms with van der Waals surface area (Å²) in [5.41, 5.74) is 0.632. The van der Waals surface area contributed by atoms with Gasteiger partial charge in [-0.05, 0) is 49.9 Å². The molecule has 2 aliphatic carbocycles. The average molecular weight is 946 g/mol. The van der Waals surface area contributed by atoms with Crippen molar-refractivity contribution in [1.29, 1.82) is 5.26 Å². The lowest BCUT2D eigenvalue weighted by atomic mass is 9.86. The predicted octanol–water partition coefficient (Wildman–Crippen LogP) is 20.4. The maximum atomic E-state index is 12.1. The Kier molecular flexibility index (Phi) is 37.6. The Bertz CT molecular complexity index is 1350. The lowest BCUT2D eigenvalue weighted by molar-refractivity contribution is 0.0696. The highest BCUT2D eigenvalue weighted by atomic mass is 16.4. The van der Waals surface area contributed by atoms with Crippen LogP contribution < -0.4 is 4.90 Å². The van der Waals surface area contributed by atoms with Gasteiger partial charge in [0.15, 0.2) is 0 Å². The van der Waals surface area contributed by atoms with Crippen molar-refractivity contribution in [3.8, 4) is 6.07 Å². The molecule has 68 heavy (non-hydrogen) atoms. The number of carboxylic acids is 1. The zero-order chi connectivity index (χ0) is 48.3. The number of nitriles is 1. The van der Waals surface area contributed by atoms with Crippen LogP contribution in [0.3, 0.4) is 0 Å². The molecule has 1 N–H and O–H groups in total. The first-order chi connectivity index (χ1) is 33.5. The van der Waals surface area contributed by atoms with Crippen LogP contribution in [0.1, 0.15) is 350 Å². The molecule has 2 aliphatic rings. The lowest BCUT2D eigenvalue weighted by Crippen LogP contribution is -2.29. The molecule has 3 rings (SSSR count). The van der Waals surface area contributed by atoms with Crippen molar-refractivity contribution in [3.05, 3.63) is 17.6 Å². The van der Waals surface area contributed by atoms with E-state index in [9.17, 15) is 15.2 Å². The third-order valence-electron chi connectivity index (χ3n) is 16.6. The fourth-order valence-corrected chi connectivity index (χ4v) is 11.7. The van der Waals surface area contributed by atoms with Gasteiger partial charge in [0.1, 0.15) is 17.5 Å². The average Bonchev–Trinajstić information content (AvgIpc) is 4.12. The number of hydrogen-bond acceptors (Lipinski definition) is 5. The first-order valence-electron chi connectivity index (χ1n) is 30.7. The minimum absolute atomic E-state index is 0.0336. The number of rotatable bonds is 4. The van der Waals surface area contributed by atoms with E-state index in [0.717, 1.165) is 6.54 Å². The maximum absolute atomic E-state index is 12.1. The second-order valence-corrected chi connectivity index (χ2v) is 22.9. The van der Waals surface area contributed by atoms with Crippen LogP contribution in [0.4, 0.5) is 5.82 Å². The highest BCUT2D eigenvalue weighted by molar-refractivity contribution is 5.93. The summed E-state index contributed by atoms with van der Waals surface area (Å²) in [6.07, 6.45) is 75.2. The van der Waals surface area contributed by atoms with Crippen molar-refractivity contribution >= 4 is 11.8 Å². The van der Waals surface area contributed by atoms with E-state index < -0.39 is 5.97 Å². The van der Waals surface area contributed by atoms with Gasteiger partial charge in [0.25, 0.3) is 0 Å². The van der Waals surface area contributed by atoms with Gasteiger partial charge in [-0.1, -0.05) is 295 Å². The lowest BCUT2D eigenvalue weighted by Gasteiger charge is -2.27. The number of aromatic nitrogens is 2. The molecule has 1 heterocycles. The Morgan fingerprint density at radius 3 is 1.06 bits per heavy atom. The molecule has 0 aromatic carbocycles. The maximum Gasteiger partial charge on any atom is 0.341 e. The van der Waals surface area contributed by atoms with Crippen LogP contribution in [-0.2, 0) is 0 Å². The van der Waals surface area contributed by atoms with E-state index in [2.05, 4.69) is 9.97 Å². The second-order valence-electron chi connectivity index (χ2n) is 22.9. The van der Waals surface area contributed by atoms with Gasteiger partial charge in [-0.15, -0.1) is 0 Å². The summed E-state index contributed by atoms with van der Waals surface area (Å²) in [5, 5.41) is 19.4. The number of anilines is 1. The molecular formula is C62H112N4O2. The van der Waals surface area contributed by atoms with E-state index in [1.165, 1.54) is 340 Å². The zero-order valence-electron chi connectivity index (χ0n) is 45.3. The standard InChI is InChI=1S/C62H112N4O2/c1-66(60-58(61(67)68)55-64-59(54-63)65-60)56-57-48-46-44-42-40-38-36-34-32-30-28-26-24-22-20-18-16-14-12-10-8-6-4-2-3-5-7-9-11-13-15-17-19-21-23-25-27-29-31-33-35-37-39-41-43-45-47-50-62(51-49-57)52-53-62/h55,57H,2-53,56H2,1H3,(H,67,68). The van der Waals surface area contributed by atoms with Gasteiger partial charge in [-0.2, -0.15) is 5.26 Å². The molecule has 6 heteroatoms. The van der Waals surface area contributed by atoms with Crippen molar-refractivity contribution < 1.29 is 9.90 Å². The molecule has 6 nitrogen and oxygen atoms in total. The fraction of sp³-hybridized carbons (Fsp3) is 0.903. The monoisotopic (exact) mass is 945 g/mol. The van der Waals surface area contributed by atoms with Crippen LogP contribution in [0, 0.1) is 22.7 Å². The molecule has 2 saturated carbocycles. The van der Waals surface area contributed by atoms with Crippen LogP contribution in [0.25, 0.3) is 0 Å². The molecular weight excluding hydrogens is 833 g/mol. The minimum Gasteiger partial charge on any atom is -0.477 e.